The third-order valence-electron chi connectivity index (χ3n) is 2.25. The summed E-state index contributed by atoms with van der Waals surface area (Å²) < 4.78 is 0. The summed E-state index contributed by atoms with van der Waals surface area (Å²) >= 11 is 5.17. The first kappa shape index (κ1) is 12.0. The van der Waals surface area contributed by atoms with E-state index in [0.29, 0.717) is 6.04 Å². The fraction of sp³-hybridized carbons (Fsp3) is 0.417. The molecule has 2 nitrogen and oxygen atoms in total. The Morgan fingerprint density at radius 2 is 1.93 bits per heavy atom. The second kappa shape index (κ2) is 6.40. The van der Waals surface area contributed by atoms with Crippen LogP contribution in [-0.2, 0) is 0 Å². The molecule has 1 unspecified atom stereocenters. The first-order valence-electron chi connectivity index (χ1n) is 5.37. The van der Waals surface area contributed by atoms with Crippen molar-refractivity contribution in [1.29, 1.82) is 0 Å². The highest BCUT2D eigenvalue weighted by molar-refractivity contribution is 7.80. The van der Waals surface area contributed by atoms with Crippen molar-refractivity contribution < 1.29 is 0 Å². The van der Waals surface area contributed by atoms with Gasteiger partial charge in [-0.1, -0.05) is 37.3 Å². The number of benzene rings is 1. The van der Waals surface area contributed by atoms with E-state index in [1.165, 1.54) is 5.56 Å². The molecule has 0 heterocycles. The zero-order chi connectivity index (χ0) is 11.1. The van der Waals surface area contributed by atoms with Crippen molar-refractivity contribution in [2.45, 2.75) is 26.3 Å². The number of thiocarbonyl (C=S) groups is 1. The second-order valence-electron chi connectivity index (χ2n) is 3.38. The molecule has 0 spiro atoms. The molecule has 0 aliphatic carbocycles. The van der Waals surface area contributed by atoms with Gasteiger partial charge >= 0.3 is 0 Å². The molecule has 1 atom stereocenters. The minimum atomic E-state index is 0.303. The van der Waals surface area contributed by atoms with Gasteiger partial charge in [-0.05, 0) is 31.1 Å². The van der Waals surface area contributed by atoms with Gasteiger partial charge in [0.25, 0.3) is 0 Å². The molecule has 0 saturated carbocycles. The monoisotopic (exact) mass is 222 g/mol. The van der Waals surface area contributed by atoms with E-state index in [2.05, 4.69) is 41.8 Å². The summed E-state index contributed by atoms with van der Waals surface area (Å²) in [6.45, 7) is 5.05. The molecule has 1 rings (SSSR count). The summed E-state index contributed by atoms with van der Waals surface area (Å²) in [6.07, 6.45) is 1.02. The summed E-state index contributed by atoms with van der Waals surface area (Å²) in [7, 11) is 0. The topological polar surface area (TPSA) is 24.1 Å². The maximum Gasteiger partial charge on any atom is 0.166 e. The molecule has 0 radical (unpaired) electrons. The van der Waals surface area contributed by atoms with Gasteiger partial charge in [0, 0.05) is 6.54 Å². The number of hydrogen-bond donors (Lipinski definition) is 2. The average molecular weight is 222 g/mol. The third-order valence-corrected chi connectivity index (χ3v) is 2.52. The molecule has 1 aromatic rings. The summed E-state index contributed by atoms with van der Waals surface area (Å²) in [6, 6.07) is 10.7. The zero-order valence-corrected chi connectivity index (χ0v) is 10.1. The van der Waals surface area contributed by atoms with Gasteiger partial charge in [-0.3, -0.25) is 0 Å². The van der Waals surface area contributed by atoms with E-state index in [9.17, 15) is 0 Å². The van der Waals surface area contributed by atoms with Gasteiger partial charge in [0.1, 0.15) is 0 Å². The van der Waals surface area contributed by atoms with Crippen molar-refractivity contribution in [3.63, 3.8) is 0 Å². The van der Waals surface area contributed by atoms with Gasteiger partial charge in [0.2, 0.25) is 0 Å². The zero-order valence-electron chi connectivity index (χ0n) is 9.29. The van der Waals surface area contributed by atoms with Crippen LogP contribution < -0.4 is 10.6 Å². The van der Waals surface area contributed by atoms with Crippen molar-refractivity contribution in [2.75, 3.05) is 6.54 Å². The van der Waals surface area contributed by atoms with Crippen LogP contribution >= 0.6 is 12.2 Å². The Balaban J connectivity index is 2.61. The molecule has 3 heteroatoms. The van der Waals surface area contributed by atoms with Gasteiger partial charge in [-0.2, -0.15) is 0 Å². The molecule has 0 bridgehead atoms. The van der Waals surface area contributed by atoms with Crippen molar-refractivity contribution in [3.05, 3.63) is 35.9 Å². The minimum absolute atomic E-state index is 0.303. The summed E-state index contributed by atoms with van der Waals surface area (Å²) in [5.74, 6) is 0. The fourth-order valence-corrected chi connectivity index (χ4v) is 1.76. The molecule has 0 fully saturated rings. The molecule has 82 valence electrons. The Kier molecular flexibility index (Phi) is 5.12. The van der Waals surface area contributed by atoms with Gasteiger partial charge in [-0.15, -0.1) is 0 Å². The molecular formula is C12H18N2S. The van der Waals surface area contributed by atoms with Crippen LogP contribution in [-0.4, -0.2) is 11.7 Å². The lowest BCUT2D eigenvalue weighted by Crippen LogP contribution is -2.37. The van der Waals surface area contributed by atoms with Crippen molar-refractivity contribution in [3.8, 4) is 0 Å². The molecule has 15 heavy (non-hydrogen) atoms. The summed E-state index contributed by atoms with van der Waals surface area (Å²) in [5, 5.41) is 7.13. The third kappa shape index (κ3) is 3.88. The molecule has 0 aliphatic rings. The predicted molar refractivity (Wildman–Crippen MR) is 68.9 cm³/mol. The fourth-order valence-electron chi connectivity index (χ4n) is 1.48. The van der Waals surface area contributed by atoms with E-state index in [0.717, 1.165) is 18.1 Å². The van der Waals surface area contributed by atoms with Crippen molar-refractivity contribution in [2.24, 2.45) is 0 Å². The van der Waals surface area contributed by atoms with Crippen LogP contribution in [0.25, 0.3) is 0 Å². The smallest absolute Gasteiger partial charge is 0.166 e. The van der Waals surface area contributed by atoms with Crippen LogP contribution in [0, 0.1) is 0 Å². The van der Waals surface area contributed by atoms with Gasteiger partial charge in [0.15, 0.2) is 5.11 Å². The Morgan fingerprint density at radius 1 is 1.27 bits per heavy atom. The van der Waals surface area contributed by atoms with E-state index >= 15 is 0 Å². The highest BCUT2D eigenvalue weighted by Gasteiger charge is 2.08. The van der Waals surface area contributed by atoms with Crippen LogP contribution in [0.2, 0.25) is 0 Å². The average Bonchev–Trinajstić information content (AvgIpc) is 2.27. The van der Waals surface area contributed by atoms with Crippen LogP contribution in [0.15, 0.2) is 30.3 Å². The summed E-state index contributed by atoms with van der Waals surface area (Å²) in [4.78, 5) is 0. The molecule has 1 aromatic carbocycles. The first-order valence-corrected chi connectivity index (χ1v) is 5.78. The lowest BCUT2D eigenvalue weighted by molar-refractivity contribution is 0.618. The van der Waals surface area contributed by atoms with Crippen molar-refractivity contribution >= 4 is 17.3 Å². The molecule has 0 aromatic heterocycles. The standard InChI is InChI=1S/C12H18N2S/c1-3-11(14-12(15)13-4-2)10-8-6-5-7-9-10/h5-9,11H,3-4H2,1-2H3,(H2,13,14,15). The Morgan fingerprint density at radius 3 is 2.47 bits per heavy atom. The first-order chi connectivity index (χ1) is 7.27. The lowest BCUT2D eigenvalue weighted by atomic mass is 10.1. The normalized spacial score (nSPS) is 11.9. The molecule has 0 amide bonds. The van der Waals surface area contributed by atoms with Crippen LogP contribution in [0.3, 0.4) is 0 Å². The number of hydrogen-bond acceptors (Lipinski definition) is 1. The largest absolute Gasteiger partial charge is 0.363 e. The number of nitrogens with one attached hydrogen (secondary N) is 2. The van der Waals surface area contributed by atoms with E-state index in [1.807, 2.05) is 13.0 Å². The van der Waals surface area contributed by atoms with Gasteiger partial charge in [-0.25, -0.2) is 0 Å². The van der Waals surface area contributed by atoms with E-state index in [4.69, 9.17) is 12.2 Å². The van der Waals surface area contributed by atoms with Crippen LogP contribution in [0.1, 0.15) is 31.9 Å². The number of rotatable bonds is 4. The van der Waals surface area contributed by atoms with Gasteiger partial charge in [0.05, 0.1) is 6.04 Å². The Hall–Kier alpha value is -1.09. The SMILES string of the molecule is CCNC(=S)NC(CC)c1ccccc1. The second-order valence-corrected chi connectivity index (χ2v) is 3.78. The molecule has 2 N–H and O–H groups in total. The van der Waals surface area contributed by atoms with E-state index in [1.54, 1.807) is 0 Å². The van der Waals surface area contributed by atoms with Crippen LogP contribution in [0.4, 0.5) is 0 Å². The lowest BCUT2D eigenvalue weighted by Gasteiger charge is -2.19. The van der Waals surface area contributed by atoms with Crippen LogP contribution in [0.5, 0.6) is 0 Å². The highest BCUT2D eigenvalue weighted by Crippen LogP contribution is 2.15. The Bertz CT molecular complexity index is 298. The maximum absolute atomic E-state index is 5.17. The molecule has 0 aliphatic heterocycles. The Labute approximate surface area is 97.1 Å². The highest BCUT2D eigenvalue weighted by atomic mass is 32.1. The van der Waals surface area contributed by atoms with E-state index < -0.39 is 0 Å². The quantitative estimate of drug-likeness (QED) is 0.766. The molecular weight excluding hydrogens is 204 g/mol. The maximum atomic E-state index is 5.17. The van der Waals surface area contributed by atoms with E-state index in [-0.39, 0.29) is 0 Å². The summed E-state index contributed by atoms with van der Waals surface area (Å²) in [5.41, 5.74) is 1.28. The van der Waals surface area contributed by atoms with Gasteiger partial charge < -0.3 is 10.6 Å². The van der Waals surface area contributed by atoms with Crippen molar-refractivity contribution in [1.82, 2.24) is 10.6 Å². The predicted octanol–water partition coefficient (Wildman–Crippen LogP) is 2.62. The molecule has 0 saturated heterocycles. The minimum Gasteiger partial charge on any atom is -0.363 e.